The highest BCUT2D eigenvalue weighted by molar-refractivity contribution is 5.83. The molecule has 2 aromatic rings. The molecule has 0 fully saturated rings. The van der Waals surface area contributed by atoms with Crippen molar-refractivity contribution in [1.82, 2.24) is 0 Å². The fourth-order valence-electron chi connectivity index (χ4n) is 1.83. The summed E-state index contributed by atoms with van der Waals surface area (Å²) in [6.45, 7) is 4.32. The number of rotatable bonds is 4. The van der Waals surface area contributed by atoms with E-state index in [-0.39, 0.29) is 0 Å². The van der Waals surface area contributed by atoms with E-state index in [9.17, 15) is 0 Å². The third-order valence-corrected chi connectivity index (χ3v) is 2.80. The van der Waals surface area contributed by atoms with Crippen LogP contribution in [0.1, 0.15) is 37.5 Å². The highest BCUT2D eigenvalue weighted by atomic mass is 16.3. The Labute approximate surface area is 96.8 Å². The average Bonchev–Trinajstić information content (AvgIpc) is 2.69. The molecule has 0 bridgehead atoms. The van der Waals surface area contributed by atoms with Crippen LogP contribution in [-0.4, -0.2) is 0 Å². The number of fused-ring (bicyclic) bond motifs is 1. The predicted octanol–water partition coefficient (Wildman–Crippen LogP) is 4.94. The van der Waals surface area contributed by atoms with Crippen molar-refractivity contribution in [2.45, 2.75) is 33.1 Å². The van der Waals surface area contributed by atoms with Gasteiger partial charge in [0.05, 0.1) is 0 Å². The maximum absolute atomic E-state index is 5.74. The van der Waals surface area contributed by atoms with Crippen molar-refractivity contribution in [3.63, 3.8) is 0 Å². The van der Waals surface area contributed by atoms with Gasteiger partial charge in [0, 0.05) is 5.39 Å². The zero-order valence-electron chi connectivity index (χ0n) is 9.99. The van der Waals surface area contributed by atoms with E-state index in [0.29, 0.717) is 0 Å². The summed E-state index contributed by atoms with van der Waals surface area (Å²) in [7, 11) is 0. The molecule has 84 valence electrons. The largest absolute Gasteiger partial charge is 0.457 e. The minimum atomic E-state index is 0.959. The molecular formula is C15H18O. The number of allylic oxidation sites excluding steroid dienone is 1. The van der Waals surface area contributed by atoms with E-state index in [4.69, 9.17) is 4.42 Å². The zero-order chi connectivity index (χ0) is 11.4. The van der Waals surface area contributed by atoms with Crippen LogP contribution in [0, 0.1) is 6.92 Å². The summed E-state index contributed by atoms with van der Waals surface area (Å²) >= 11 is 0. The molecule has 0 saturated carbocycles. The third kappa shape index (κ3) is 2.35. The van der Waals surface area contributed by atoms with Crippen LogP contribution in [0.15, 0.2) is 34.8 Å². The van der Waals surface area contributed by atoms with Gasteiger partial charge in [-0.25, -0.2) is 0 Å². The molecule has 1 aromatic heterocycles. The smallest absolute Gasteiger partial charge is 0.135 e. The number of unbranched alkanes of at least 4 members (excludes halogenated alkanes) is 2. The van der Waals surface area contributed by atoms with E-state index in [0.717, 1.165) is 17.8 Å². The van der Waals surface area contributed by atoms with Gasteiger partial charge in [-0.1, -0.05) is 38.0 Å². The van der Waals surface area contributed by atoms with Gasteiger partial charge in [-0.2, -0.15) is 0 Å². The molecular weight excluding hydrogens is 196 g/mol. The SMILES string of the molecule is CCCC/C=C/c1cc2c(C)cccc2o1. The summed E-state index contributed by atoms with van der Waals surface area (Å²) in [4.78, 5) is 0. The molecule has 0 N–H and O–H groups in total. The van der Waals surface area contributed by atoms with Crippen LogP contribution in [0.4, 0.5) is 0 Å². The van der Waals surface area contributed by atoms with Crippen molar-refractivity contribution in [2.75, 3.05) is 0 Å². The van der Waals surface area contributed by atoms with Gasteiger partial charge in [0.2, 0.25) is 0 Å². The molecule has 0 unspecified atom stereocenters. The van der Waals surface area contributed by atoms with Gasteiger partial charge in [0.1, 0.15) is 11.3 Å². The third-order valence-electron chi connectivity index (χ3n) is 2.80. The lowest BCUT2D eigenvalue weighted by molar-refractivity contribution is 0.604. The Hall–Kier alpha value is -1.50. The van der Waals surface area contributed by atoms with Gasteiger partial charge in [-0.3, -0.25) is 0 Å². The molecule has 0 spiro atoms. The Morgan fingerprint density at radius 3 is 2.94 bits per heavy atom. The summed E-state index contributed by atoms with van der Waals surface area (Å²) in [5, 5.41) is 1.22. The van der Waals surface area contributed by atoms with Gasteiger partial charge in [-0.15, -0.1) is 0 Å². The standard InChI is InChI=1S/C15H18O/c1-3-4-5-6-9-13-11-14-12(2)8-7-10-15(14)16-13/h6-11H,3-5H2,1-2H3/b9-6+. The highest BCUT2D eigenvalue weighted by Crippen LogP contribution is 2.23. The Balaban J connectivity index is 2.20. The predicted molar refractivity (Wildman–Crippen MR) is 69.5 cm³/mol. The van der Waals surface area contributed by atoms with Crippen LogP contribution in [0.25, 0.3) is 17.0 Å². The first-order valence-electron chi connectivity index (χ1n) is 5.97. The first-order valence-corrected chi connectivity index (χ1v) is 5.97. The topological polar surface area (TPSA) is 13.1 Å². The van der Waals surface area contributed by atoms with Gasteiger partial charge in [0.15, 0.2) is 0 Å². The second-order valence-corrected chi connectivity index (χ2v) is 4.18. The van der Waals surface area contributed by atoms with Crippen molar-refractivity contribution < 1.29 is 4.42 Å². The summed E-state index contributed by atoms with van der Waals surface area (Å²) in [5.41, 5.74) is 2.25. The maximum Gasteiger partial charge on any atom is 0.135 e. The normalized spacial score (nSPS) is 11.6. The van der Waals surface area contributed by atoms with Gasteiger partial charge in [0.25, 0.3) is 0 Å². The lowest BCUT2D eigenvalue weighted by Crippen LogP contribution is -1.69. The fourth-order valence-corrected chi connectivity index (χ4v) is 1.83. The lowest BCUT2D eigenvalue weighted by atomic mass is 10.1. The molecule has 1 aromatic carbocycles. The number of aryl methyl sites for hydroxylation is 1. The molecule has 1 heterocycles. The van der Waals surface area contributed by atoms with Gasteiger partial charge in [-0.05, 0) is 37.1 Å². The van der Waals surface area contributed by atoms with E-state index >= 15 is 0 Å². The van der Waals surface area contributed by atoms with Crippen LogP contribution < -0.4 is 0 Å². The molecule has 0 radical (unpaired) electrons. The summed E-state index contributed by atoms with van der Waals surface area (Å²) < 4.78 is 5.74. The van der Waals surface area contributed by atoms with E-state index < -0.39 is 0 Å². The van der Waals surface area contributed by atoms with Crippen molar-refractivity contribution in [3.05, 3.63) is 41.7 Å². The molecule has 0 atom stereocenters. The molecule has 2 rings (SSSR count). The Kier molecular flexibility index (Phi) is 3.45. The Morgan fingerprint density at radius 2 is 2.19 bits per heavy atom. The monoisotopic (exact) mass is 214 g/mol. The van der Waals surface area contributed by atoms with Crippen LogP contribution in [0.5, 0.6) is 0 Å². The molecule has 0 aliphatic heterocycles. The van der Waals surface area contributed by atoms with Crippen LogP contribution in [-0.2, 0) is 0 Å². The lowest BCUT2D eigenvalue weighted by Gasteiger charge is -1.90. The number of hydrogen-bond donors (Lipinski definition) is 0. The number of furan rings is 1. The molecule has 0 aliphatic carbocycles. The summed E-state index contributed by atoms with van der Waals surface area (Å²) in [6.07, 6.45) is 7.89. The number of benzene rings is 1. The van der Waals surface area contributed by atoms with Crippen LogP contribution in [0.2, 0.25) is 0 Å². The number of hydrogen-bond acceptors (Lipinski definition) is 1. The van der Waals surface area contributed by atoms with Crippen LogP contribution >= 0.6 is 0 Å². The maximum atomic E-state index is 5.74. The van der Waals surface area contributed by atoms with Gasteiger partial charge >= 0.3 is 0 Å². The van der Waals surface area contributed by atoms with Crippen molar-refractivity contribution in [1.29, 1.82) is 0 Å². The Morgan fingerprint density at radius 1 is 1.31 bits per heavy atom. The molecule has 0 amide bonds. The fraction of sp³-hybridized carbons (Fsp3) is 0.333. The first-order chi connectivity index (χ1) is 7.81. The van der Waals surface area contributed by atoms with Gasteiger partial charge < -0.3 is 4.42 Å². The molecule has 0 saturated heterocycles. The second-order valence-electron chi connectivity index (χ2n) is 4.18. The summed E-state index contributed by atoms with van der Waals surface area (Å²) in [5.74, 6) is 0.959. The molecule has 16 heavy (non-hydrogen) atoms. The van der Waals surface area contributed by atoms with E-state index in [1.54, 1.807) is 0 Å². The van der Waals surface area contributed by atoms with Crippen LogP contribution in [0.3, 0.4) is 0 Å². The minimum Gasteiger partial charge on any atom is -0.457 e. The van der Waals surface area contributed by atoms with E-state index in [2.05, 4.69) is 38.1 Å². The van der Waals surface area contributed by atoms with Crippen molar-refractivity contribution in [3.8, 4) is 0 Å². The Bertz CT molecular complexity index is 491. The molecule has 0 aliphatic rings. The first kappa shape index (κ1) is 11.0. The highest BCUT2D eigenvalue weighted by Gasteiger charge is 2.02. The molecule has 1 nitrogen and oxygen atoms in total. The average molecular weight is 214 g/mol. The quantitative estimate of drug-likeness (QED) is 0.657. The van der Waals surface area contributed by atoms with E-state index in [1.165, 1.54) is 23.8 Å². The minimum absolute atomic E-state index is 0.959. The van der Waals surface area contributed by atoms with Crippen molar-refractivity contribution in [2.24, 2.45) is 0 Å². The van der Waals surface area contributed by atoms with Crippen molar-refractivity contribution >= 4 is 17.0 Å². The zero-order valence-corrected chi connectivity index (χ0v) is 9.99. The van der Waals surface area contributed by atoms with E-state index in [1.807, 2.05) is 12.1 Å². The summed E-state index contributed by atoms with van der Waals surface area (Å²) in [6, 6.07) is 8.28. The second kappa shape index (κ2) is 5.02. The molecule has 1 heteroatoms.